The van der Waals surface area contributed by atoms with Crippen LogP contribution in [0.5, 0.6) is 0 Å². The van der Waals surface area contributed by atoms with Crippen molar-refractivity contribution >= 4 is 27.8 Å². The summed E-state index contributed by atoms with van der Waals surface area (Å²) in [5.41, 5.74) is 16.7. The molecule has 2 aliphatic carbocycles. The van der Waals surface area contributed by atoms with Crippen LogP contribution in [0.3, 0.4) is 0 Å². The molecule has 0 saturated heterocycles. The molecule has 0 fully saturated rings. The van der Waals surface area contributed by atoms with Crippen LogP contribution in [0, 0.1) is 5.82 Å². The second kappa shape index (κ2) is 13.0. The van der Waals surface area contributed by atoms with Crippen molar-refractivity contribution < 1.29 is 4.39 Å². The van der Waals surface area contributed by atoms with Crippen molar-refractivity contribution in [1.29, 1.82) is 0 Å². The van der Waals surface area contributed by atoms with Crippen molar-refractivity contribution in [3.63, 3.8) is 0 Å². The molecule has 58 heavy (non-hydrogen) atoms. The highest BCUT2D eigenvalue weighted by atomic mass is 19.1. The molecule has 0 unspecified atom stereocenters. The molecule has 0 heterocycles. The van der Waals surface area contributed by atoms with E-state index in [2.05, 4.69) is 201 Å². The van der Waals surface area contributed by atoms with Gasteiger partial charge in [0, 0.05) is 27.9 Å². The van der Waals surface area contributed by atoms with Gasteiger partial charge in [0.15, 0.2) is 0 Å². The Morgan fingerprint density at radius 3 is 1.62 bits per heavy atom. The molecule has 276 valence electrons. The highest BCUT2D eigenvalue weighted by Crippen LogP contribution is 2.59. The van der Waals surface area contributed by atoms with Crippen molar-refractivity contribution in [2.45, 2.75) is 24.7 Å². The standard InChI is InChI=1S/C56H40FN/c1-55(2)49-25-15-14-22-44(49)45-33-31-43(35-50(45)55)58(41-20-10-5-11-21-41)42-29-26-37(27-30-42)38-28-32-48-51(34-38)56(39-16-6-3-7-17-39,40-18-8-4-9-19-40)52-36-53(57)46-23-12-13-24-47(46)54(48)52/h3-36H,1-2H3. The van der Waals surface area contributed by atoms with Crippen molar-refractivity contribution in [2.24, 2.45) is 0 Å². The maximum absolute atomic E-state index is 16.3. The molecular formula is C56H40FN. The average Bonchev–Trinajstić information content (AvgIpc) is 3.70. The van der Waals surface area contributed by atoms with Crippen molar-refractivity contribution in [1.82, 2.24) is 0 Å². The van der Waals surface area contributed by atoms with E-state index in [0.717, 1.165) is 67.0 Å². The minimum Gasteiger partial charge on any atom is -0.310 e. The lowest BCUT2D eigenvalue weighted by atomic mass is 9.67. The average molecular weight is 746 g/mol. The van der Waals surface area contributed by atoms with Crippen LogP contribution in [-0.4, -0.2) is 0 Å². The molecule has 0 amide bonds. The van der Waals surface area contributed by atoms with Gasteiger partial charge in [0.05, 0.1) is 5.41 Å². The third-order valence-corrected chi connectivity index (χ3v) is 12.8. The van der Waals surface area contributed by atoms with Crippen LogP contribution >= 0.6 is 0 Å². The molecule has 1 nitrogen and oxygen atoms in total. The van der Waals surface area contributed by atoms with E-state index >= 15 is 4.39 Å². The molecule has 0 bridgehead atoms. The fourth-order valence-electron chi connectivity index (χ4n) is 10.1. The first-order chi connectivity index (χ1) is 28.4. The van der Waals surface area contributed by atoms with Gasteiger partial charge in [0.1, 0.15) is 5.82 Å². The fourth-order valence-corrected chi connectivity index (χ4v) is 10.1. The smallest absolute Gasteiger partial charge is 0.131 e. The van der Waals surface area contributed by atoms with E-state index in [1.807, 2.05) is 18.2 Å². The van der Waals surface area contributed by atoms with E-state index in [1.54, 1.807) is 6.07 Å². The highest BCUT2D eigenvalue weighted by molar-refractivity contribution is 6.05. The molecule has 0 aliphatic heterocycles. The molecule has 2 heteroatoms. The first-order valence-electron chi connectivity index (χ1n) is 20.1. The van der Waals surface area contributed by atoms with Crippen molar-refractivity contribution in [2.75, 3.05) is 4.90 Å². The van der Waals surface area contributed by atoms with Gasteiger partial charge in [0.2, 0.25) is 0 Å². The minimum atomic E-state index is -0.723. The number of hydrogen-bond donors (Lipinski definition) is 0. The fraction of sp³-hybridized carbons (Fsp3) is 0.0714. The van der Waals surface area contributed by atoms with E-state index in [9.17, 15) is 0 Å². The van der Waals surface area contributed by atoms with Crippen molar-refractivity contribution in [3.8, 4) is 33.4 Å². The van der Waals surface area contributed by atoms with Gasteiger partial charge in [-0.3, -0.25) is 0 Å². The third kappa shape index (κ3) is 4.94. The summed E-state index contributed by atoms with van der Waals surface area (Å²) < 4.78 is 16.3. The molecule has 0 aromatic heterocycles. The zero-order valence-electron chi connectivity index (χ0n) is 32.5. The summed E-state index contributed by atoms with van der Waals surface area (Å²) in [5, 5.41) is 1.58. The third-order valence-electron chi connectivity index (χ3n) is 12.8. The Hall–Kier alpha value is -7.03. The van der Waals surface area contributed by atoms with Gasteiger partial charge < -0.3 is 4.90 Å². The summed E-state index contributed by atoms with van der Waals surface area (Å²) in [6.45, 7) is 4.67. The lowest BCUT2D eigenvalue weighted by Gasteiger charge is -2.34. The minimum absolute atomic E-state index is 0.103. The molecule has 0 atom stereocenters. The number of hydrogen-bond acceptors (Lipinski definition) is 1. The maximum atomic E-state index is 16.3. The Bertz CT molecular complexity index is 2980. The molecule has 2 aliphatic rings. The predicted molar refractivity (Wildman–Crippen MR) is 239 cm³/mol. The molecule has 9 aromatic carbocycles. The number of fused-ring (bicyclic) bond motifs is 8. The Labute approximate surface area is 339 Å². The van der Waals surface area contributed by atoms with E-state index in [4.69, 9.17) is 0 Å². The SMILES string of the molecule is CC1(C)c2ccccc2-c2ccc(N(c3ccccc3)c3ccc(-c4ccc5c(c4)C(c4ccccc4)(c4ccccc4)c4cc(F)c6ccccc6c4-5)cc3)cc21. The van der Waals surface area contributed by atoms with Gasteiger partial charge in [-0.2, -0.15) is 0 Å². The summed E-state index contributed by atoms with van der Waals surface area (Å²) >= 11 is 0. The van der Waals surface area contributed by atoms with Crippen LogP contribution in [0.2, 0.25) is 0 Å². The van der Waals surface area contributed by atoms with Gasteiger partial charge in [-0.15, -0.1) is 0 Å². The predicted octanol–water partition coefficient (Wildman–Crippen LogP) is 14.8. The molecule has 0 radical (unpaired) electrons. The first-order valence-corrected chi connectivity index (χ1v) is 20.1. The Kier molecular flexibility index (Phi) is 7.68. The summed E-state index contributed by atoms with van der Waals surface area (Å²) in [4.78, 5) is 2.36. The van der Waals surface area contributed by atoms with E-state index in [-0.39, 0.29) is 11.2 Å². The molecular weight excluding hydrogens is 706 g/mol. The summed E-state index contributed by atoms with van der Waals surface area (Å²) in [7, 11) is 0. The van der Waals surface area contributed by atoms with E-state index in [1.165, 1.54) is 22.3 Å². The number of benzene rings is 9. The molecule has 0 spiro atoms. The lowest BCUT2D eigenvalue weighted by Crippen LogP contribution is -2.28. The van der Waals surface area contributed by atoms with Crippen LogP contribution in [0.4, 0.5) is 21.5 Å². The number of nitrogens with zero attached hydrogens (tertiary/aromatic N) is 1. The Morgan fingerprint density at radius 2 is 0.914 bits per heavy atom. The summed E-state index contributed by atoms with van der Waals surface area (Å²) in [5.74, 6) is -0.200. The normalized spacial score (nSPS) is 14.1. The van der Waals surface area contributed by atoms with Crippen LogP contribution in [0.1, 0.15) is 47.2 Å². The summed E-state index contributed by atoms with van der Waals surface area (Å²) in [6, 6.07) is 73.1. The first kappa shape index (κ1) is 34.2. The van der Waals surface area contributed by atoms with Gasteiger partial charge >= 0.3 is 0 Å². The van der Waals surface area contributed by atoms with E-state index in [0.29, 0.717) is 5.39 Å². The number of para-hydroxylation sites is 1. The second-order valence-corrected chi connectivity index (χ2v) is 16.2. The van der Waals surface area contributed by atoms with Gasteiger partial charge in [-0.1, -0.05) is 172 Å². The molecule has 11 rings (SSSR count). The summed E-state index contributed by atoms with van der Waals surface area (Å²) in [6.07, 6.45) is 0. The largest absolute Gasteiger partial charge is 0.310 e. The van der Waals surface area contributed by atoms with Crippen LogP contribution in [-0.2, 0) is 10.8 Å². The lowest BCUT2D eigenvalue weighted by molar-refractivity contribution is 0.633. The monoisotopic (exact) mass is 745 g/mol. The number of halogens is 1. The molecule has 0 N–H and O–H groups in total. The number of anilines is 3. The van der Waals surface area contributed by atoms with Crippen LogP contribution < -0.4 is 4.90 Å². The van der Waals surface area contributed by atoms with E-state index < -0.39 is 5.41 Å². The van der Waals surface area contributed by atoms with Crippen molar-refractivity contribution in [3.05, 3.63) is 245 Å². The van der Waals surface area contributed by atoms with Gasteiger partial charge in [-0.25, -0.2) is 4.39 Å². The zero-order valence-corrected chi connectivity index (χ0v) is 32.5. The number of rotatable bonds is 6. The van der Waals surface area contributed by atoms with Crippen LogP contribution in [0.15, 0.2) is 206 Å². The van der Waals surface area contributed by atoms with Gasteiger partial charge in [0.25, 0.3) is 0 Å². The topological polar surface area (TPSA) is 3.24 Å². The highest BCUT2D eigenvalue weighted by Gasteiger charge is 2.47. The molecule has 0 saturated carbocycles. The second-order valence-electron chi connectivity index (χ2n) is 16.2. The van der Waals surface area contributed by atoms with Crippen LogP contribution in [0.25, 0.3) is 44.2 Å². The quantitative estimate of drug-likeness (QED) is 0.164. The maximum Gasteiger partial charge on any atom is 0.131 e. The Balaban J connectivity index is 1.07. The van der Waals surface area contributed by atoms with Gasteiger partial charge in [-0.05, 0) is 121 Å². The Morgan fingerprint density at radius 1 is 0.379 bits per heavy atom. The molecule has 9 aromatic rings. The zero-order chi connectivity index (χ0) is 39.0.